The van der Waals surface area contributed by atoms with Crippen LogP contribution in [-0.4, -0.2) is 37.8 Å². The molecule has 0 spiro atoms. The minimum absolute atomic E-state index is 0.373. The van der Waals surface area contributed by atoms with Crippen molar-refractivity contribution in [2.75, 3.05) is 31.6 Å². The second-order valence-corrected chi connectivity index (χ2v) is 5.78. The second-order valence-electron chi connectivity index (χ2n) is 5.78. The number of hydrogen-bond donors (Lipinski definition) is 1. The highest BCUT2D eigenvalue weighted by Gasteiger charge is 2.19. The molecule has 0 amide bonds. The summed E-state index contributed by atoms with van der Waals surface area (Å²) in [5.41, 5.74) is 2.39. The van der Waals surface area contributed by atoms with Crippen molar-refractivity contribution in [3.05, 3.63) is 24.0 Å². The van der Waals surface area contributed by atoms with Gasteiger partial charge in [-0.3, -0.25) is 4.98 Å². The Morgan fingerprint density at radius 1 is 1.33 bits per heavy atom. The van der Waals surface area contributed by atoms with Gasteiger partial charge in [-0.05, 0) is 44.4 Å². The summed E-state index contributed by atoms with van der Waals surface area (Å²) < 4.78 is 5.43. The van der Waals surface area contributed by atoms with E-state index >= 15 is 0 Å². The average Bonchev–Trinajstić information content (AvgIpc) is 2.56. The number of piperidine rings is 1. The number of nitrogens with zero attached hydrogens (tertiary/aromatic N) is 2. The van der Waals surface area contributed by atoms with Gasteiger partial charge in [-0.15, -0.1) is 0 Å². The minimum Gasteiger partial charge on any atom is -0.381 e. The van der Waals surface area contributed by atoms with Gasteiger partial charge in [-0.2, -0.15) is 0 Å². The monoisotopic (exact) mass is 291 g/mol. The predicted molar refractivity (Wildman–Crippen MR) is 87.8 cm³/mol. The van der Waals surface area contributed by atoms with Crippen molar-refractivity contribution in [2.45, 2.75) is 51.7 Å². The molecule has 1 N–H and O–H groups in total. The number of aromatic nitrogens is 1. The Bertz CT molecular complexity index is 399. The molecule has 1 aliphatic rings. The van der Waals surface area contributed by atoms with Crippen molar-refractivity contribution in [2.24, 2.45) is 0 Å². The van der Waals surface area contributed by atoms with Gasteiger partial charge in [-0.25, -0.2) is 0 Å². The Hall–Kier alpha value is -1.13. The van der Waals surface area contributed by atoms with Crippen LogP contribution in [0, 0.1) is 0 Å². The summed E-state index contributed by atoms with van der Waals surface area (Å²) in [5.74, 6) is 0. The van der Waals surface area contributed by atoms with E-state index in [-0.39, 0.29) is 0 Å². The van der Waals surface area contributed by atoms with Gasteiger partial charge in [0.2, 0.25) is 0 Å². The molecule has 1 aliphatic heterocycles. The summed E-state index contributed by atoms with van der Waals surface area (Å²) >= 11 is 0. The maximum atomic E-state index is 5.43. The molecule has 1 fully saturated rings. The quantitative estimate of drug-likeness (QED) is 0.837. The Labute approximate surface area is 128 Å². The predicted octanol–water partition coefficient (Wildman–Crippen LogP) is 3.15. The smallest absolute Gasteiger partial charge is 0.0605 e. The highest BCUT2D eigenvalue weighted by Crippen LogP contribution is 2.22. The molecule has 0 aromatic carbocycles. The maximum absolute atomic E-state index is 5.43. The molecule has 0 aliphatic carbocycles. The second kappa shape index (κ2) is 8.35. The van der Waals surface area contributed by atoms with Gasteiger partial charge in [-0.1, -0.05) is 13.8 Å². The van der Waals surface area contributed by atoms with Crippen molar-refractivity contribution < 1.29 is 4.74 Å². The minimum atomic E-state index is 0.373. The third kappa shape index (κ3) is 4.42. The normalized spacial score (nSPS) is 18.0. The third-order valence-electron chi connectivity index (χ3n) is 4.32. The van der Waals surface area contributed by atoms with Crippen molar-refractivity contribution in [1.29, 1.82) is 0 Å². The fraction of sp³-hybridized carbons (Fsp3) is 0.706. The Morgan fingerprint density at radius 2 is 2.10 bits per heavy atom. The molecule has 0 bridgehead atoms. The molecule has 1 aromatic heterocycles. The third-order valence-corrected chi connectivity index (χ3v) is 4.32. The highest BCUT2D eigenvalue weighted by molar-refractivity contribution is 5.45. The summed E-state index contributed by atoms with van der Waals surface area (Å²) in [7, 11) is 1.81. The van der Waals surface area contributed by atoms with Gasteiger partial charge >= 0.3 is 0 Å². The molecule has 4 nitrogen and oxygen atoms in total. The zero-order chi connectivity index (χ0) is 15.1. The molecule has 2 heterocycles. The fourth-order valence-corrected chi connectivity index (χ4v) is 2.92. The molecule has 1 unspecified atom stereocenters. The number of anilines is 1. The molecule has 0 saturated carbocycles. The van der Waals surface area contributed by atoms with Gasteiger partial charge in [0.25, 0.3) is 0 Å². The maximum Gasteiger partial charge on any atom is 0.0605 e. The molecular formula is C17H29N3O. The van der Waals surface area contributed by atoms with E-state index in [1.165, 1.54) is 5.69 Å². The molecule has 4 heteroatoms. The van der Waals surface area contributed by atoms with E-state index in [9.17, 15) is 0 Å². The van der Waals surface area contributed by atoms with Crippen LogP contribution in [0.4, 0.5) is 5.69 Å². The molecule has 118 valence electrons. The lowest BCUT2D eigenvalue weighted by Gasteiger charge is -2.32. The van der Waals surface area contributed by atoms with Crippen LogP contribution in [0.2, 0.25) is 0 Å². The van der Waals surface area contributed by atoms with E-state index in [2.05, 4.69) is 41.2 Å². The molecule has 21 heavy (non-hydrogen) atoms. The number of ether oxygens (including phenoxy) is 1. The van der Waals surface area contributed by atoms with Gasteiger partial charge in [0.1, 0.15) is 0 Å². The average molecular weight is 291 g/mol. The summed E-state index contributed by atoms with van der Waals surface area (Å²) in [4.78, 5) is 7.09. The standard InChI is InChI=1S/C17H29N3O/c1-4-10-18-16(5-2)17-7-6-14(13-19-17)20-11-8-15(21-3)9-12-20/h6-7,13,15-16,18H,4-5,8-12H2,1-3H3. The number of hydrogen-bond acceptors (Lipinski definition) is 4. The van der Waals surface area contributed by atoms with Crippen LogP contribution in [0.1, 0.15) is 51.3 Å². The summed E-state index contributed by atoms with van der Waals surface area (Å²) in [5, 5.41) is 3.56. The fourth-order valence-electron chi connectivity index (χ4n) is 2.92. The number of methoxy groups -OCH3 is 1. The Morgan fingerprint density at radius 3 is 2.62 bits per heavy atom. The van der Waals surface area contributed by atoms with Crippen molar-refractivity contribution in [3.8, 4) is 0 Å². The van der Waals surface area contributed by atoms with Crippen molar-refractivity contribution >= 4 is 5.69 Å². The molecule has 1 saturated heterocycles. The van der Waals surface area contributed by atoms with Crippen molar-refractivity contribution in [1.82, 2.24) is 10.3 Å². The van der Waals surface area contributed by atoms with E-state index in [1.807, 2.05) is 13.3 Å². The Kier molecular flexibility index (Phi) is 6.46. The first-order valence-corrected chi connectivity index (χ1v) is 8.25. The van der Waals surface area contributed by atoms with Crippen LogP contribution in [-0.2, 0) is 4.74 Å². The first-order valence-electron chi connectivity index (χ1n) is 8.25. The van der Waals surface area contributed by atoms with Crippen LogP contribution in [0.3, 0.4) is 0 Å². The molecule has 1 atom stereocenters. The first kappa shape index (κ1) is 16.2. The Balaban J connectivity index is 1.95. The topological polar surface area (TPSA) is 37.4 Å². The van der Waals surface area contributed by atoms with E-state index in [0.717, 1.165) is 51.0 Å². The van der Waals surface area contributed by atoms with Crippen LogP contribution in [0.15, 0.2) is 18.3 Å². The molecule has 2 rings (SSSR count). The van der Waals surface area contributed by atoms with Gasteiger partial charge < -0.3 is 15.0 Å². The van der Waals surface area contributed by atoms with E-state index in [4.69, 9.17) is 4.74 Å². The number of nitrogens with one attached hydrogen (secondary N) is 1. The zero-order valence-electron chi connectivity index (χ0n) is 13.6. The highest BCUT2D eigenvalue weighted by atomic mass is 16.5. The molecule has 1 aromatic rings. The lowest BCUT2D eigenvalue weighted by molar-refractivity contribution is 0.0819. The van der Waals surface area contributed by atoms with Crippen LogP contribution >= 0.6 is 0 Å². The lowest BCUT2D eigenvalue weighted by atomic mass is 10.1. The molecule has 0 radical (unpaired) electrons. The van der Waals surface area contributed by atoms with Crippen LogP contribution < -0.4 is 10.2 Å². The SMILES string of the molecule is CCCNC(CC)c1ccc(N2CCC(OC)CC2)cn1. The summed E-state index contributed by atoms with van der Waals surface area (Å²) in [6.07, 6.45) is 6.89. The number of rotatable bonds is 7. The number of pyridine rings is 1. The van der Waals surface area contributed by atoms with E-state index in [1.54, 1.807) is 0 Å². The van der Waals surface area contributed by atoms with E-state index < -0.39 is 0 Å². The largest absolute Gasteiger partial charge is 0.381 e. The van der Waals surface area contributed by atoms with Gasteiger partial charge in [0.05, 0.1) is 23.7 Å². The van der Waals surface area contributed by atoms with Crippen LogP contribution in [0.5, 0.6) is 0 Å². The lowest BCUT2D eigenvalue weighted by Crippen LogP contribution is -2.36. The van der Waals surface area contributed by atoms with Crippen molar-refractivity contribution in [3.63, 3.8) is 0 Å². The van der Waals surface area contributed by atoms with Crippen LogP contribution in [0.25, 0.3) is 0 Å². The summed E-state index contributed by atoms with van der Waals surface area (Å²) in [6, 6.07) is 4.76. The summed E-state index contributed by atoms with van der Waals surface area (Å²) in [6.45, 7) is 7.57. The first-order chi connectivity index (χ1) is 10.3. The van der Waals surface area contributed by atoms with Gasteiger partial charge in [0, 0.05) is 26.2 Å². The zero-order valence-corrected chi connectivity index (χ0v) is 13.6. The van der Waals surface area contributed by atoms with E-state index in [0.29, 0.717) is 12.1 Å². The van der Waals surface area contributed by atoms with Gasteiger partial charge in [0.15, 0.2) is 0 Å². The molecular weight excluding hydrogens is 262 g/mol.